The number of rotatable bonds is 5. The van der Waals surface area contributed by atoms with Gasteiger partial charge in [-0.3, -0.25) is 9.69 Å². The van der Waals surface area contributed by atoms with E-state index in [-0.39, 0.29) is 18.6 Å². The number of ether oxygens (including phenoxy) is 3. The van der Waals surface area contributed by atoms with E-state index < -0.39 is 17.6 Å². The second-order valence-corrected chi connectivity index (χ2v) is 7.84. The molecule has 2 heterocycles. The van der Waals surface area contributed by atoms with Crippen molar-refractivity contribution in [1.82, 2.24) is 5.32 Å². The van der Waals surface area contributed by atoms with E-state index in [9.17, 15) is 9.59 Å². The van der Waals surface area contributed by atoms with Crippen molar-refractivity contribution in [3.63, 3.8) is 0 Å². The Balaban J connectivity index is 1.78. The van der Waals surface area contributed by atoms with Gasteiger partial charge in [0, 0.05) is 11.3 Å². The third-order valence-electron chi connectivity index (χ3n) is 5.58. The maximum atomic E-state index is 13.1. The molecule has 7 nitrogen and oxygen atoms in total. The third kappa shape index (κ3) is 3.50. The Morgan fingerprint density at radius 3 is 2.45 bits per heavy atom. The summed E-state index contributed by atoms with van der Waals surface area (Å²) in [6.45, 7) is 5.93. The van der Waals surface area contributed by atoms with Crippen LogP contribution in [0, 0.1) is 5.92 Å². The van der Waals surface area contributed by atoms with Gasteiger partial charge < -0.3 is 19.5 Å². The summed E-state index contributed by atoms with van der Waals surface area (Å²) in [5, 5.41) is 3.73. The molecule has 1 saturated heterocycles. The molecule has 1 N–H and O–H groups in total. The summed E-state index contributed by atoms with van der Waals surface area (Å²) in [6.07, 6.45) is 0. The van der Waals surface area contributed by atoms with Crippen LogP contribution in [-0.2, 0) is 14.3 Å². The summed E-state index contributed by atoms with van der Waals surface area (Å²) < 4.78 is 16.9. The maximum Gasteiger partial charge on any atom is 0.338 e. The minimum Gasteiger partial charge on any atom is -0.466 e. The number of benzene rings is 2. The lowest BCUT2D eigenvalue weighted by Gasteiger charge is -2.55. The van der Waals surface area contributed by atoms with Crippen molar-refractivity contribution in [2.75, 3.05) is 18.1 Å². The van der Waals surface area contributed by atoms with Gasteiger partial charge in [-0.25, -0.2) is 4.79 Å². The number of esters is 2. The predicted molar refractivity (Wildman–Crippen MR) is 119 cm³/mol. The number of carbonyl (C=O) groups excluding carboxylic acids is 2. The van der Waals surface area contributed by atoms with Gasteiger partial charge in [0.1, 0.15) is 11.7 Å². The first kappa shape index (κ1) is 21.1. The van der Waals surface area contributed by atoms with Gasteiger partial charge in [0.2, 0.25) is 5.72 Å². The van der Waals surface area contributed by atoms with Crippen LogP contribution in [0.3, 0.4) is 0 Å². The van der Waals surface area contributed by atoms with Crippen molar-refractivity contribution >= 4 is 35.0 Å². The number of hydrogen-bond acceptors (Lipinski definition) is 6. The van der Waals surface area contributed by atoms with Crippen molar-refractivity contribution in [2.45, 2.75) is 32.5 Å². The molecule has 0 saturated carbocycles. The Morgan fingerprint density at radius 2 is 1.77 bits per heavy atom. The molecule has 2 aromatic carbocycles. The molecule has 3 atom stereocenters. The Labute approximate surface area is 186 Å². The van der Waals surface area contributed by atoms with Crippen LogP contribution in [-0.4, -0.2) is 36.0 Å². The highest BCUT2D eigenvalue weighted by Crippen LogP contribution is 2.49. The Hall–Kier alpha value is -3.13. The first-order valence-electron chi connectivity index (χ1n) is 10.2. The molecule has 2 aliphatic heterocycles. The molecule has 2 aromatic rings. The van der Waals surface area contributed by atoms with E-state index in [0.717, 1.165) is 5.56 Å². The number of para-hydroxylation sites is 1. The number of nitrogens with one attached hydrogen (secondary N) is 1. The largest absolute Gasteiger partial charge is 0.466 e. The summed E-state index contributed by atoms with van der Waals surface area (Å²) in [5.74, 6) is -0.753. The highest BCUT2D eigenvalue weighted by Gasteiger charge is 2.59. The topological polar surface area (TPSA) is 77.1 Å². The van der Waals surface area contributed by atoms with Crippen LogP contribution in [0.2, 0.25) is 0 Å². The van der Waals surface area contributed by atoms with Crippen LogP contribution >= 0.6 is 12.2 Å². The Bertz CT molecular complexity index is 1020. The fourth-order valence-corrected chi connectivity index (χ4v) is 4.69. The zero-order valence-electron chi connectivity index (χ0n) is 17.6. The molecule has 2 bridgehead atoms. The molecule has 8 heteroatoms. The van der Waals surface area contributed by atoms with Crippen molar-refractivity contribution in [2.24, 2.45) is 5.92 Å². The van der Waals surface area contributed by atoms with E-state index in [1.807, 2.05) is 31.2 Å². The number of thiocarbonyl (C=S) groups is 1. The molecule has 0 aromatic heterocycles. The fraction of sp³-hybridized carbons (Fsp3) is 0.348. The number of anilines is 1. The third-order valence-corrected chi connectivity index (χ3v) is 5.88. The van der Waals surface area contributed by atoms with Gasteiger partial charge in [-0.15, -0.1) is 0 Å². The van der Waals surface area contributed by atoms with Crippen molar-refractivity contribution in [1.29, 1.82) is 0 Å². The molecule has 0 aliphatic carbocycles. The summed E-state index contributed by atoms with van der Waals surface area (Å²) in [5.41, 5.74) is 0.846. The van der Waals surface area contributed by atoms with Crippen LogP contribution in [0.15, 0.2) is 48.5 Å². The number of carbonyl (C=O) groups is 2. The molecule has 1 fully saturated rings. The van der Waals surface area contributed by atoms with Crippen LogP contribution < -0.4 is 15.0 Å². The minimum absolute atomic E-state index is 0.262. The lowest BCUT2D eigenvalue weighted by atomic mass is 9.79. The molecule has 2 aliphatic rings. The van der Waals surface area contributed by atoms with E-state index in [1.165, 1.54) is 0 Å². The summed E-state index contributed by atoms with van der Waals surface area (Å²) in [6, 6.07) is 14.1. The second-order valence-electron chi connectivity index (χ2n) is 7.45. The average molecular weight is 441 g/mol. The van der Waals surface area contributed by atoms with Crippen LogP contribution in [0.4, 0.5) is 5.69 Å². The molecular weight excluding hydrogens is 416 g/mol. The Kier molecular flexibility index (Phi) is 5.58. The highest BCUT2D eigenvalue weighted by atomic mass is 32.1. The minimum atomic E-state index is -1.13. The first-order valence-corrected chi connectivity index (χ1v) is 10.6. The van der Waals surface area contributed by atoms with Gasteiger partial charge in [0.25, 0.3) is 0 Å². The van der Waals surface area contributed by atoms with E-state index in [1.54, 1.807) is 43.0 Å². The number of hydrogen-bond donors (Lipinski definition) is 1. The molecule has 162 valence electrons. The van der Waals surface area contributed by atoms with Gasteiger partial charge in [-0.1, -0.05) is 18.2 Å². The van der Waals surface area contributed by atoms with E-state index in [0.29, 0.717) is 28.7 Å². The zero-order chi connectivity index (χ0) is 22.2. The van der Waals surface area contributed by atoms with Gasteiger partial charge in [0.05, 0.1) is 24.8 Å². The molecule has 31 heavy (non-hydrogen) atoms. The maximum absolute atomic E-state index is 13.1. The number of fused-ring (bicyclic) bond motifs is 4. The monoisotopic (exact) mass is 440 g/mol. The molecule has 0 radical (unpaired) electrons. The van der Waals surface area contributed by atoms with Crippen LogP contribution in [0.1, 0.15) is 42.7 Å². The standard InChI is InChI=1S/C23H24N2O5S/c1-4-28-20(26)14-10-12-15(13-11-14)25-22(31)24-19-16-8-6-7-9-17(16)30-23(25,3)18(19)21(27)29-5-2/h6-13,18-19H,4-5H2,1-3H3,(H,24,31)/t18-,19+,23-/m0/s1. The average Bonchev–Trinajstić information content (AvgIpc) is 2.74. The predicted octanol–water partition coefficient (Wildman–Crippen LogP) is 3.59. The van der Waals surface area contributed by atoms with Crippen molar-refractivity contribution in [3.05, 3.63) is 59.7 Å². The number of nitrogens with zero attached hydrogens (tertiary/aromatic N) is 1. The lowest BCUT2D eigenvalue weighted by molar-refractivity contribution is -0.159. The quantitative estimate of drug-likeness (QED) is 0.558. The lowest BCUT2D eigenvalue weighted by Crippen LogP contribution is -2.71. The first-order chi connectivity index (χ1) is 14.9. The molecular formula is C23H24N2O5S. The molecule has 0 unspecified atom stereocenters. The molecule has 4 rings (SSSR count). The van der Waals surface area contributed by atoms with Crippen LogP contribution in [0.25, 0.3) is 0 Å². The fourth-order valence-electron chi connectivity index (χ4n) is 4.27. The summed E-state index contributed by atoms with van der Waals surface area (Å²) >= 11 is 5.69. The second kappa shape index (κ2) is 8.19. The van der Waals surface area contributed by atoms with E-state index in [2.05, 4.69) is 5.32 Å². The zero-order valence-corrected chi connectivity index (χ0v) is 18.4. The van der Waals surface area contributed by atoms with Gasteiger partial charge in [-0.05, 0) is 63.3 Å². The van der Waals surface area contributed by atoms with E-state index >= 15 is 0 Å². The normalized spacial score (nSPS) is 23.8. The van der Waals surface area contributed by atoms with Crippen molar-refractivity contribution in [3.8, 4) is 5.75 Å². The summed E-state index contributed by atoms with van der Waals surface area (Å²) in [7, 11) is 0. The molecule has 0 amide bonds. The van der Waals surface area contributed by atoms with Crippen molar-refractivity contribution < 1.29 is 23.8 Å². The Morgan fingerprint density at radius 1 is 1.10 bits per heavy atom. The smallest absolute Gasteiger partial charge is 0.338 e. The highest BCUT2D eigenvalue weighted by molar-refractivity contribution is 7.80. The van der Waals surface area contributed by atoms with Gasteiger partial charge >= 0.3 is 11.9 Å². The van der Waals surface area contributed by atoms with E-state index in [4.69, 9.17) is 26.4 Å². The van der Waals surface area contributed by atoms with Crippen LogP contribution in [0.5, 0.6) is 5.75 Å². The summed E-state index contributed by atoms with van der Waals surface area (Å²) in [4.78, 5) is 26.8. The SMILES string of the molecule is CCOC(=O)c1ccc(N2C(=S)N[C@@H]3c4ccccc4O[C@@]2(C)[C@@H]3C(=O)OCC)cc1. The van der Waals surface area contributed by atoms with Gasteiger partial charge in [0.15, 0.2) is 5.11 Å². The van der Waals surface area contributed by atoms with Gasteiger partial charge in [-0.2, -0.15) is 0 Å². The molecule has 0 spiro atoms.